The molecular formula is C11H13ClN4O. The first-order chi connectivity index (χ1) is 8.09. The minimum absolute atomic E-state index is 0.312. The van der Waals surface area contributed by atoms with Gasteiger partial charge in [0.2, 0.25) is 0 Å². The monoisotopic (exact) mass is 252 g/mol. The van der Waals surface area contributed by atoms with Crippen LogP contribution in [0.1, 0.15) is 11.4 Å². The fourth-order valence-corrected chi connectivity index (χ4v) is 1.72. The first-order valence-corrected chi connectivity index (χ1v) is 5.48. The lowest BCUT2D eigenvalue weighted by atomic mass is 10.3. The fraction of sp³-hybridized carbons (Fsp3) is 0.273. The maximum absolute atomic E-state index is 6.11. The van der Waals surface area contributed by atoms with E-state index in [2.05, 4.69) is 10.1 Å². The third-order valence-electron chi connectivity index (χ3n) is 2.43. The maximum atomic E-state index is 6.11. The lowest BCUT2D eigenvalue weighted by molar-refractivity contribution is 0.295. The van der Waals surface area contributed by atoms with E-state index in [4.69, 9.17) is 22.1 Å². The van der Waals surface area contributed by atoms with E-state index in [1.807, 2.05) is 14.0 Å². The molecule has 2 aromatic heterocycles. The van der Waals surface area contributed by atoms with Crippen molar-refractivity contribution < 1.29 is 4.74 Å². The Morgan fingerprint density at radius 1 is 1.53 bits per heavy atom. The van der Waals surface area contributed by atoms with Gasteiger partial charge in [-0.05, 0) is 19.1 Å². The van der Waals surface area contributed by atoms with E-state index in [1.54, 1.807) is 23.0 Å². The molecule has 0 fully saturated rings. The van der Waals surface area contributed by atoms with Gasteiger partial charge < -0.3 is 10.5 Å². The smallest absolute Gasteiger partial charge is 0.166 e. The third-order valence-corrected chi connectivity index (χ3v) is 2.92. The van der Waals surface area contributed by atoms with E-state index >= 15 is 0 Å². The van der Waals surface area contributed by atoms with Crippen molar-refractivity contribution in [2.75, 3.05) is 5.73 Å². The van der Waals surface area contributed by atoms with Crippen LogP contribution in [0.3, 0.4) is 0 Å². The number of rotatable bonds is 3. The van der Waals surface area contributed by atoms with Crippen LogP contribution in [0.15, 0.2) is 18.3 Å². The van der Waals surface area contributed by atoms with E-state index in [9.17, 15) is 0 Å². The van der Waals surface area contributed by atoms with Crippen LogP contribution in [0.4, 0.5) is 5.82 Å². The molecule has 0 amide bonds. The second-order valence-electron chi connectivity index (χ2n) is 3.65. The Balaban J connectivity index is 2.15. The first kappa shape index (κ1) is 11.7. The summed E-state index contributed by atoms with van der Waals surface area (Å²) in [5.41, 5.74) is 7.27. The lowest BCUT2D eigenvalue weighted by Gasteiger charge is -2.08. The summed E-state index contributed by atoms with van der Waals surface area (Å²) in [5, 5.41) is 4.82. The zero-order valence-electron chi connectivity index (χ0n) is 9.64. The van der Waals surface area contributed by atoms with E-state index in [0.717, 1.165) is 11.4 Å². The molecule has 0 spiro atoms. The summed E-state index contributed by atoms with van der Waals surface area (Å²) in [6.45, 7) is 2.16. The van der Waals surface area contributed by atoms with Gasteiger partial charge in [0.1, 0.15) is 6.61 Å². The Bertz CT molecular complexity index is 538. The molecule has 2 rings (SSSR count). The van der Waals surface area contributed by atoms with Crippen molar-refractivity contribution in [1.29, 1.82) is 0 Å². The number of aryl methyl sites for hydroxylation is 2. The van der Waals surface area contributed by atoms with Crippen LogP contribution in [-0.4, -0.2) is 14.8 Å². The quantitative estimate of drug-likeness (QED) is 0.907. The van der Waals surface area contributed by atoms with Gasteiger partial charge in [0.05, 0.1) is 16.4 Å². The van der Waals surface area contributed by atoms with Gasteiger partial charge in [-0.25, -0.2) is 4.98 Å². The third kappa shape index (κ3) is 2.34. The van der Waals surface area contributed by atoms with E-state index in [0.29, 0.717) is 23.2 Å². The molecule has 0 aliphatic heterocycles. The van der Waals surface area contributed by atoms with Crippen molar-refractivity contribution in [3.05, 3.63) is 34.7 Å². The number of hydrogen-bond donors (Lipinski definition) is 1. The predicted octanol–water partition coefficient (Wildman–Crippen LogP) is 1.94. The molecular weight excluding hydrogens is 240 g/mol. The molecule has 5 nitrogen and oxygen atoms in total. The van der Waals surface area contributed by atoms with Gasteiger partial charge in [0.25, 0.3) is 0 Å². The summed E-state index contributed by atoms with van der Waals surface area (Å²) in [6, 6.07) is 3.53. The first-order valence-electron chi connectivity index (χ1n) is 5.11. The number of nitrogen functional groups attached to an aromatic ring is 1. The van der Waals surface area contributed by atoms with Crippen LogP contribution in [0, 0.1) is 6.92 Å². The van der Waals surface area contributed by atoms with Crippen molar-refractivity contribution in [1.82, 2.24) is 14.8 Å². The molecule has 2 heterocycles. The van der Waals surface area contributed by atoms with Crippen LogP contribution in [0.25, 0.3) is 0 Å². The van der Waals surface area contributed by atoms with Gasteiger partial charge in [-0.1, -0.05) is 11.6 Å². The van der Waals surface area contributed by atoms with Crippen LogP contribution in [0.2, 0.25) is 5.02 Å². The predicted molar refractivity (Wildman–Crippen MR) is 65.9 cm³/mol. The summed E-state index contributed by atoms with van der Waals surface area (Å²) in [4.78, 5) is 3.94. The number of pyridine rings is 1. The number of nitrogens with zero attached hydrogens (tertiary/aromatic N) is 3. The fourth-order valence-electron chi connectivity index (χ4n) is 1.51. The molecule has 2 N–H and O–H groups in total. The molecule has 0 saturated carbocycles. The minimum Gasteiger partial charge on any atom is -0.483 e. The molecule has 0 radical (unpaired) electrons. The molecule has 90 valence electrons. The van der Waals surface area contributed by atoms with Gasteiger partial charge in [-0.3, -0.25) is 4.68 Å². The van der Waals surface area contributed by atoms with Crippen LogP contribution >= 0.6 is 11.6 Å². The second kappa shape index (κ2) is 4.63. The molecule has 6 heteroatoms. The standard InChI is InChI=1S/C11H13ClN4O/c1-7-10(12)8(16(2)15-7)6-17-9-4-3-5-14-11(9)13/h3-5H,6H2,1-2H3,(H2,13,14). The van der Waals surface area contributed by atoms with Gasteiger partial charge in [-0.2, -0.15) is 5.10 Å². The average Bonchev–Trinajstić information content (AvgIpc) is 2.53. The number of aromatic nitrogens is 3. The molecule has 0 aliphatic carbocycles. The summed E-state index contributed by atoms with van der Waals surface area (Å²) >= 11 is 6.11. The second-order valence-corrected chi connectivity index (χ2v) is 4.02. The Hall–Kier alpha value is -1.75. The zero-order valence-corrected chi connectivity index (χ0v) is 10.4. The Morgan fingerprint density at radius 2 is 2.29 bits per heavy atom. The molecule has 0 unspecified atom stereocenters. The summed E-state index contributed by atoms with van der Waals surface area (Å²) in [7, 11) is 1.82. The summed E-state index contributed by atoms with van der Waals surface area (Å²) < 4.78 is 7.26. The number of anilines is 1. The van der Waals surface area contributed by atoms with Crippen molar-refractivity contribution in [2.24, 2.45) is 7.05 Å². The van der Waals surface area contributed by atoms with E-state index in [-0.39, 0.29) is 0 Å². The molecule has 2 aromatic rings. The Morgan fingerprint density at radius 3 is 2.88 bits per heavy atom. The van der Waals surface area contributed by atoms with E-state index < -0.39 is 0 Å². The number of nitrogens with two attached hydrogens (primary N) is 1. The normalized spacial score (nSPS) is 10.5. The highest BCUT2D eigenvalue weighted by molar-refractivity contribution is 6.31. The van der Waals surface area contributed by atoms with E-state index in [1.165, 1.54) is 0 Å². The molecule has 0 saturated heterocycles. The van der Waals surface area contributed by atoms with Crippen molar-refractivity contribution in [2.45, 2.75) is 13.5 Å². The Labute approximate surface area is 104 Å². The molecule has 0 atom stereocenters. The number of ether oxygens (including phenoxy) is 1. The van der Waals surface area contributed by atoms with Gasteiger partial charge in [0.15, 0.2) is 11.6 Å². The lowest BCUT2D eigenvalue weighted by Crippen LogP contribution is -2.05. The molecule has 17 heavy (non-hydrogen) atoms. The Kier molecular flexibility index (Phi) is 3.19. The van der Waals surface area contributed by atoms with Crippen LogP contribution in [0.5, 0.6) is 5.75 Å². The highest BCUT2D eigenvalue weighted by atomic mass is 35.5. The van der Waals surface area contributed by atoms with Crippen LogP contribution < -0.4 is 10.5 Å². The molecule has 0 bridgehead atoms. The largest absolute Gasteiger partial charge is 0.483 e. The summed E-state index contributed by atoms with van der Waals surface area (Å²) in [5.74, 6) is 0.907. The average molecular weight is 253 g/mol. The van der Waals surface area contributed by atoms with Crippen molar-refractivity contribution in [3.63, 3.8) is 0 Å². The van der Waals surface area contributed by atoms with Gasteiger partial charge >= 0.3 is 0 Å². The topological polar surface area (TPSA) is 66.0 Å². The highest BCUT2D eigenvalue weighted by Gasteiger charge is 2.12. The SMILES string of the molecule is Cc1nn(C)c(COc2cccnc2N)c1Cl. The van der Waals surface area contributed by atoms with Crippen molar-refractivity contribution in [3.8, 4) is 5.75 Å². The van der Waals surface area contributed by atoms with Gasteiger partial charge in [-0.15, -0.1) is 0 Å². The van der Waals surface area contributed by atoms with Crippen LogP contribution in [-0.2, 0) is 13.7 Å². The number of halogens is 1. The summed E-state index contributed by atoms with van der Waals surface area (Å²) in [6.07, 6.45) is 1.61. The minimum atomic E-state index is 0.312. The molecule has 0 aromatic carbocycles. The van der Waals surface area contributed by atoms with Gasteiger partial charge in [0, 0.05) is 13.2 Å². The molecule has 0 aliphatic rings. The number of hydrogen-bond acceptors (Lipinski definition) is 4. The zero-order chi connectivity index (χ0) is 12.4. The maximum Gasteiger partial charge on any atom is 0.166 e. The van der Waals surface area contributed by atoms with Crippen molar-refractivity contribution >= 4 is 17.4 Å². The highest BCUT2D eigenvalue weighted by Crippen LogP contribution is 2.23.